The van der Waals surface area contributed by atoms with Gasteiger partial charge in [-0.25, -0.2) is 19.8 Å². The van der Waals surface area contributed by atoms with Crippen LogP contribution in [0.1, 0.15) is 25.1 Å². The first-order valence-corrected chi connectivity index (χ1v) is 7.14. The highest BCUT2D eigenvalue weighted by molar-refractivity contribution is 6.12. The van der Waals surface area contributed by atoms with Gasteiger partial charge >= 0.3 is 6.03 Å². The average Bonchev–Trinajstić information content (AvgIpc) is 3.01. The molecule has 0 aromatic carbocycles. The molecule has 0 aliphatic carbocycles. The van der Waals surface area contributed by atoms with E-state index in [0.717, 1.165) is 17.4 Å². The van der Waals surface area contributed by atoms with Crippen LogP contribution in [-0.2, 0) is 4.74 Å². The van der Waals surface area contributed by atoms with Crippen molar-refractivity contribution >= 4 is 29.1 Å². The zero-order valence-electron chi connectivity index (χ0n) is 11.9. The molecule has 2 amide bonds. The van der Waals surface area contributed by atoms with Crippen molar-refractivity contribution in [3.05, 3.63) is 18.1 Å². The molecule has 114 valence electrons. The van der Waals surface area contributed by atoms with Crippen LogP contribution < -0.4 is 5.32 Å². The second-order valence-electron chi connectivity index (χ2n) is 5.65. The molecule has 4 rings (SSSR count). The number of nitrogens with zero attached hydrogens (tertiary/aromatic N) is 4. The summed E-state index contributed by atoms with van der Waals surface area (Å²) in [7, 11) is 0. The highest BCUT2D eigenvalue weighted by Crippen LogP contribution is 2.38. The molecule has 0 saturated carbocycles. The number of aliphatic imine (C=N–C) groups is 1. The lowest BCUT2D eigenvalue weighted by Crippen LogP contribution is -2.15. The minimum atomic E-state index is -0.450. The van der Waals surface area contributed by atoms with Crippen LogP contribution in [-0.4, -0.2) is 44.6 Å². The van der Waals surface area contributed by atoms with E-state index in [1.165, 1.54) is 12.5 Å². The van der Waals surface area contributed by atoms with Crippen LogP contribution in [0.2, 0.25) is 0 Å². The third kappa shape index (κ3) is 1.92. The van der Waals surface area contributed by atoms with Crippen LogP contribution >= 0.6 is 0 Å². The van der Waals surface area contributed by atoms with E-state index in [1.807, 2.05) is 10.8 Å². The van der Waals surface area contributed by atoms with Gasteiger partial charge in [-0.1, -0.05) is 6.92 Å². The van der Waals surface area contributed by atoms with Crippen LogP contribution in [0.15, 0.2) is 17.5 Å². The normalized spacial score (nSPS) is 27.2. The standard InChI is InChI=1S/C14H15N5O3/c1-7-2-9(5-20)22-13(7)19-4-8-3-15-14(21)18-11-10(8)12(19)17-6-16-11/h3-4,6-7,9,13,20H,2,5H2,1H3,(H,16,17,18,21)/t7-,9-,13+/m0/s1. The Hall–Kier alpha value is -2.32. The van der Waals surface area contributed by atoms with Crippen LogP contribution in [0.25, 0.3) is 11.0 Å². The van der Waals surface area contributed by atoms with E-state index >= 15 is 0 Å². The molecule has 2 aliphatic heterocycles. The summed E-state index contributed by atoms with van der Waals surface area (Å²) in [5.74, 6) is 0.694. The van der Waals surface area contributed by atoms with Crippen molar-refractivity contribution in [3.8, 4) is 0 Å². The van der Waals surface area contributed by atoms with Crippen LogP contribution in [0, 0.1) is 5.92 Å². The average molecular weight is 301 g/mol. The number of ether oxygens (including phenoxy) is 1. The molecule has 1 saturated heterocycles. The Morgan fingerprint density at radius 1 is 1.50 bits per heavy atom. The Labute approximate surface area is 125 Å². The molecule has 8 nitrogen and oxygen atoms in total. The maximum Gasteiger partial charge on any atom is 0.346 e. The zero-order chi connectivity index (χ0) is 15.3. The number of aliphatic hydroxyl groups is 1. The molecule has 8 heteroatoms. The SMILES string of the molecule is C[C@H]1C[C@@H](CO)O[C@H]1n1cc2c3c(ncnc31)NC(=O)N=C2. The molecule has 2 aliphatic rings. The predicted molar refractivity (Wildman–Crippen MR) is 78.9 cm³/mol. The van der Waals surface area contributed by atoms with Crippen molar-refractivity contribution in [2.24, 2.45) is 10.9 Å². The molecule has 4 heterocycles. The summed E-state index contributed by atoms with van der Waals surface area (Å²) >= 11 is 0. The first-order valence-electron chi connectivity index (χ1n) is 7.14. The molecule has 22 heavy (non-hydrogen) atoms. The largest absolute Gasteiger partial charge is 0.394 e. The van der Waals surface area contributed by atoms with Gasteiger partial charge in [0.1, 0.15) is 24.0 Å². The van der Waals surface area contributed by atoms with E-state index in [2.05, 4.69) is 27.2 Å². The van der Waals surface area contributed by atoms with Crippen molar-refractivity contribution in [3.63, 3.8) is 0 Å². The van der Waals surface area contributed by atoms with Gasteiger partial charge in [0.05, 0.1) is 18.1 Å². The number of aliphatic hydroxyl groups excluding tert-OH is 1. The number of carbonyl (C=O) groups excluding carboxylic acids is 1. The van der Waals surface area contributed by atoms with Gasteiger partial charge < -0.3 is 14.4 Å². The molecule has 1 fully saturated rings. The Balaban J connectivity index is 1.87. The third-order valence-electron chi connectivity index (χ3n) is 4.12. The molecule has 3 atom stereocenters. The molecule has 0 spiro atoms. The molecule has 0 bridgehead atoms. The number of anilines is 1. The van der Waals surface area contributed by atoms with E-state index in [0.29, 0.717) is 11.5 Å². The quantitative estimate of drug-likeness (QED) is 0.871. The summed E-state index contributed by atoms with van der Waals surface area (Å²) in [6.07, 6.45) is 5.21. The van der Waals surface area contributed by atoms with Gasteiger partial charge in [-0.05, 0) is 6.42 Å². The first-order chi connectivity index (χ1) is 10.7. The number of hydrogen-bond donors (Lipinski definition) is 2. The highest BCUT2D eigenvalue weighted by Gasteiger charge is 2.34. The van der Waals surface area contributed by atoms with Gasteiger partial charge in [0.15, 0.2) is 0 Å². The van der Waals surface area contributed by atoms with Gasteiger partial charge in [0.2, 0.25) is 0 Å². The highest BCUT2D eigenvalue weighted by atomic mass is 16.5. The maximum absolute atomic E-state index is 11.5. The maximum atomic E-state index is 11.5. The van der Waals surface area contributed by atoms with Gasteiger partial charge in [-0.15, -0.1) is 0 Å². The summed E-state index contributed by atoms with van der Waals surface area (Å²) < 4.78 is 7.84. The monoisotopic (exact) mass is 301 g/mol. The van der Waals surface area contributed by atoms with E-state index in [9.17, 15) is 9.90 Å². The molecule has 2 aromatic heterocycles. The number of hydrogen-bond acceptors (Lipinski definition) is 5. The summed E-state index contributed by atoms with van der Waals surface area (Å²) in [4.78, 5) is 23.8. The molecular formula is C14H15N5O3. The topological polar surface area (TPSA) is 102 Å². The fraction of sp³-hybridized carbons (Fsp3) is 0.429. The molecular weight excluding hydrogens is 286 g/mol. The lowest BCUT2D eigenvalue weighted by atomic mass is 10.1. The number of carbonyl (C=O) groups is 1. The van der Waals surface area contributed by atoms with Crippen LogP contribution in [0.3, 0.4) is 0 Å². The molecule has 0 radical (unpaired) electrons. The Morgan fingerprint density at radius 2 is 2.36 bits per heavy atom. The Morgan fingerprint density at radius 3 is 3.14 bits per heavy atom. The minimum Gasteiger partial charge on any atom is -0.394 e. The van der Waals surface area contributed by atoms with Crippen LogP contribution in [0.4, 0.5) is 10.6 Å². The predicted octanol–water partition coefficient (Wildman–Crippen LogP) is 1.31. The van der Waals surface area contributed by atoms with Gasteiger partial charge in [0, 0.05) is 23.9 Å². The van der Waals surface area contributed by atoms with Crippen molar-refractivity contribution in [2.75, 3.05) is 11.9 Å². The number of rotatable bonds is 2. The summed E-state index contributed by atoms with van der Waals surface area (Å²) in [5.41, 5.74) is 1.45. The summed E-state index contributed by atoms with van der Waals surface area (Å²) in [6.45, 7) is 2.08. The van der Waals surface area contributed by atoms with Crippen molar-refractivity contribution in [1.82, 2.24) is 14.5 Å². The van der Waals surface area contributed by atoms with Crippen LogP contribution in [0.5, 0.6) is 0 Å². The second-order valence-corrected chi connectivity index (χ2v) is 5.65. The smallest absolute Gasteiger partial charge is 0.346 e. The number of urea groups is 1. The van der Waals surface area contributed by atoms with Crippen molar-refractivity contribution < 1.29 is 14.6 Å². The lowest BCUT2D eigenvalue weighted by molar-refractivity contribution is -0.0291. The zero-order valence-corrected chi connectivity index (χ0v) is 11.9. The minimum absolute atomic E-state index is 0.00461. The van der Waals surface area contributed by atoms with Gasteiger partial charge in [-0.3, -0.25) is 5.32 Å². The van der Waals surface area contributed by atoms with E-state index in [4.69, 9.17) is 4.74 Å². The van der Waals surface area contributed by atoms with Crippen molar-refractivity contribution in [2.45, 2.75) is 25.7 Å². The lowest BCUT2D eigenvalue weighted by Gasteiger charge is -2.18. The van der Waals surface area contributed by atoms with E-state index < -0.39 is 6.03 Å². The number of aromatic nitrogens is 3. The van der Waals surface area contributed by atoms with Gasteiger partial charge in [-0.2, -0.15) is 0 Å². The fourth-order valence-corrected chi connectivity index (χ4v) is 3.14. The second kappa shape index (κ2) is 4.85. The number of amides is 2. The Bertz CT molecular complexity index is 784. The van der Waals surface area contributed by atoms with E-state index in [-0.39, 0.29) is 24.9 Å². The van der Waals surface area contributed by atoms with E-state index in [1.54, 1.807) is 0 Å². The Kier molecular flexibility index (Phi) is 2.95. The molecule has 2 aromatic rings. The van der Waals surface area contributed by atoms with Gasteiger partial charge in [0.25, 0.3) is 0 Å². The fourth-order valence-electron chi connectivity index (χ4n) is 3.14. The third-order valence-corrected chi connectivity index (χ3v) is 4.12. The first kappa shape index (κ1) is 13.4. The van der Waals surface area contributed by atoms with Crippen molar-refractivity contribution in [1.29, 1.82) is 0 Å². The summed E-state index contributed by atoms with van der Waals surface area (Å²) in [5, 5.41) is 12.7. The summed E-state index contributed by atoms with van der Waals surface area (Å²) in [6, 6.07) is -0.450. The molecule has 2 N–H and O–H groups in total. The molecule has 0 unspecified atom stereocenters. The number of nitrogens with one attached hydrogen (secondary N) is 1.